The van der Waals surface area contributed by atoms with Crippen molar-refractivity contribution in [3.05, 3.63) is 29.8 Å². The van der Waals surface area contributed by atoms with Gasteiger partial charge in [0.05, 0.1) is 0 Å². The highest BCUT2D eigenvalue weighted by Crippen LogP contribution is 2.21. The second-order valence-electron chi connectivity index (χ2n) is 9.13. The minimum Gasteiger partial charge on any atom is -0.444 e. The maximum Gasteiger partial charge on any atom is 0.410 e. The summed E-state index contributed by atoms with van der Waals surface area (Å²) >= 11 is 0. The molecule has 7 heteroatoms. The predicted octanol–water partition coefficient (Wildman–Crippen LogP) is 2.67. The van der Waals surface area contributed by atoms with E-state index in [0.29, 0.717) is 17.2 Å². The largest absolute Gasteiger partial charge is 0.444 e. The number of carbonyl (C=O) groups is 2. The molecule has 0 atom stereocenters. The summed E-state index contributed by atoms with van der Waals surface area (Å²) in [5.41, 5.74) is 6.63. The molecule has 0 bridgehead atoms. The highest BCUT2D eigenvalue weighted by molar-refractivity contribution is 5.95. The van der Waals surface area contributed by atoms with Gasteiger partial charge in [-0.1, -0.05) is 6.07 Å². The zero-order valence-corrected chi connectivity index (χ0v) is 17.9. The van der Waals surface area contributed by atoms with Gasteiger partial charge in [0.2, 0.25) is 0 Å². The van der Waals surface area contributed by atoms with Crippen LogP contribution < -0.4 is 5.73 Å². The molecule has 0 unspecified atom stereocenters. The summed E-state index contributed by atoms with van der Waals surface area (Å²) in [5.74, 6) is 0.646. The molecule has 2 heterocycles. The van der Waals surface area contributed by atoms with E-state index in [4.69, 9.17) is 10.5 Å². The summed E-state index contributed by atoms with van der Waals surface area (Å²) in [4.78, 5) is 31.0. The second-order valence-corrected chi connectivity index (χ2v) is 9.13. The Morgan fingerprint density at radius 3 is 2.28 bits per heavy atom. The number of piperidine rings is 1. The molecule has 2 aliphatic rings. The number of likely N-dealkylation sites (tertiary alicyclic amines) is 1. The number of nitrogens with two attached hydrogens (primary N) is 1. The summed E-state index contributed by atoms with van der Waals surface area (Å²) in [7, 11) is 0. The van der Waals surface area contributed by atoms with Gasteiger partial charge in [-0.2, -0.15) is 0 Å². The molecule has 2 N–H and O–H groups in total. The maximum absolute atomic E-state index is 12.7. The van der Waals surface area contributed by atoms with Crippen molar-refractivity contribution in [2.75, 3.05) is 51.5 Å². The molecule has 2 fully saturated rings. The third-order valence-electron chi connectivity index (χ3n) is 5.58. The summed E-state index contributed by atoms with van der Waals surface area (Å²) in [5, 5.41) is 0. The maximum atomic E-state index is 12.7. The number of hydrogen-bond donors (Lipinski definition) is 1. The third-order valence-corrected chi connectivity index (χ3v) is 5.58. The molecule has 0 aliphatic carbocycles. The van der Waals surface area contributed by atoms with Gasteiger partial charge in [0.1, 0.15) is 5.60 Å². The first-order valence-corrected chi connectivity index (χ1v) is 10.6. The molecule has 0 saturated carbocycles. The standard InChI is InChI=1S/C22H34N4O3/c1-22(2,3)29-21(28)26-9-7-17(8-10-26)16-24-11-13-25(14-12-24)20(27)18-5-4-6-19(23)15-18/h4-6,15,17H,7-14,16,23H2,1-3H3. The Balaban J connectivity index is 1.40. The lowest BCUT2D eigenvalue weighted by Gasteiger charge is -2.39. The fourth-order valence-electron chi connectivity index (χ4n) is 3.98. The van der Waals surface area contributed by atoms with E-state index in [2.05, 4.69) is 4.90 Å². The summed E-state index contributed by atoms with van der Waals surface area (Å²) < 4.78 is 5.47. The van der Waals surface area contributed by atoms with Crippen LogP contribution in [-0.2, 0) is 4.74 Å². The number of anilines is 1. The summed E-state index contributed by atoms with van der Waals surface area (Å²) in [6, 6.07) is 7.18. The van der Waals surface area contributed by atoms with Crippen LogP contribution in [0.25, 0.3) is 0 Å². The summed E-state index contributed by atoms with van der Waals surface area (Å²) in [6.07, 6.45) is 1.80. The Kier molecular flexibility index (Phi) is 6.67. The van der Waals surface area contributed by atoms with Crippen LogP contribution in [0.1, 0.15) is 44.0 Å². The molecule has 2 aliphatic heterocycles. The molecule has 1 aromatic rings. The van der Waals surface area contributed by atoms with Crippen molar-refractivity contribution < 1.29 is 14.3 Å². The number of nitrogen functional groups attached to an aromatic ring is 1. The summed E-state index contributed by atoms with van der Waals surface area (Å²) in [6.45, 7) is 11.5. The number of piperazine rings is 1. The van der Waals surface area contributed by atoms with Gasteiger partial charge in [-0.25, -0.2) is 4.79 Å². The molecule has 0 spiro atoms. The smallest absolute Gasteiger partial charge is 0.410 e. The van der Waals surface area contributed by atoms with Crippen LogP contribution in [0.15, 0.2) is 24.3 Å². The van der Waals surface area contributed by atoms with Gasteiger partial charge in [-0.3, -0.25) is 9.69 Å². The molecule has 3 rings (SSSR count). The van der Waals surface area contributed by atoms with Gasteiger partial charge in [-0.15, -0.1) is 0 Å². The van der Waals surface area contributed by atoms with Crippen molar-refractivity contribution in [2.45, 2.75) is 39.2 Å². The lowest BCUT2D eigenvalue weighted by molar-refractivity contribution is 0.0161. The molecule has 1 aromatic carbocycles. The molecule has 2 amide bonds. The van der Waals surface area contributed by atoms with Gasteiger partial charge in [0, 0.05) is 57.1 Å². The highest BCUT2D eigenvalue weighted by atomic mass is 16.6. The number of nitrogens with zero attached hydrogens (tertiary/aromatic N) is 3. The number of benzene rings is 1. The molecule has 160 valence electrons. The first kappa shape index (κ1) is 21.4. The van der Waals surface area contributed by atoms with Crippen molar-refractivity contribution in [3.63, 3.8) is 0 Å². The third kappa shape index (κ3) is 6.10. The monoisotopic (exact) mass is 402 g/mol. The van der Waals surface area contributed by atoms with Gasteiger partial charge in [-0.05, 0) is 57.7 Å². The molecule has 2 saturated heterocycles. The number of rotatable bonds is 3. The normalized spacial score (nSPS) is 19.3. The minimum absolute atomic E-state index is 0.0580. The lowest BCUT2D eigenvalue weighted by atomic mass is 9.96. The Labute approximate surface area is 173 Å². The molecule has 29 heavy (non-hydrogen) atoms. The van der Waals surface area contributed by atoms with E-state index in [9.17, 15) is 9.59 Å². The SMILES string of the molecule is CC(C)(C)OC(=O)N1CCC(CN2CCN(C(=O)c3cccc(N)c3)CC2)CC1. The van der Waals surface area contributed by atoms with Crippen LogP contribution >= 0.6 is 0 Å². The van der Waals surface area contributed by atoms with Crippen molar-refractivity contribution in [3.8, 4) is 0 Å². The Morgan fingerprint density at radius 2 is 1.69 bits per heavy atom. The van der Waals surface area contributed by atoms with Crippen LogP contribution in [-0.4, -0.2) is 78.1 Å². The van der Waals surface area contributed by atoms with E-state index in [1.807, 2.05) is 42.7 Å². The highest BCUT2D eigenvalue weighted by Gasteiger charge is 2.29. The van der Waals surface area contributed by atoms with Crippen LogP contribution in [0, 0.1) is 5.92 Å². The first-order valence-electron chi connectivity index (χ1n) is 10.6. The number of ether oxygens (including phenoxy) is 1. The van der Waals surface area contributed by atoms with Crippen LogP contribution in [0.3, 0.4) is 0 Å². The Hall–Kier alpha value is -2.28. The Bertz CT molecular complexity index is 715. The van der Waals surface area contributed by atoms with Gasteiger partial charge in [0.25, 0.3) is 5.91 Å². The van der Waals surface area contributed by atoms with Crippen LogP contribution in [0.5, 0.6) is 0 Å². The van der Waals surface area contributed by atoms with Crippen LogP contribution in [0.2, 0.25) is 0 Å². The van der Waals surface area contributed by atoms with Crippen molar-refractivity contribution in [2.24, 2.45) is 5.92 Å². The van der Waals surface area contributed by atoms with E-state index in [1.54, 1.807) is 12.1 Å². The zero-order chi connectivity index (χ0) is 21.0. The van der Waals surface area contributed by atoms with E-state index in [0.717, 1.165) is 58.7 Å². The first-order chi connectivity index (χ1) is 13.7. The van der Waals surface area contributed by atoms with Crippen molar-refractivity contribution in [1.82, 2.24) is 14.7 Å². The molecule has 0 aromatic heterocycles. The van der Waals surface area contributed by atoms with Crippen LogP contribution in [0.4, 0.5) is 10.5 Å². The topological polar surface area (TPSA) is 79.1 Å². The molecule has 0 radical (unpaired) electrons. The predicted molar refractivity (Wildman–Crippen MR) is 114 cm³/mol. The fraction of sp³-hybridized carbons (Fsp3) is 0.636. The quantitative estimate of drug-likeness (QED) is 0.787. The fourth-order valence-corrected chi connectivity index (χ4v) is 3.98. The average Bonchev–Trinajstić information content (AvgIpc) is 2.67. The molecular weight excluding hydrogens is 368 g/mol. The van der Waals surface area contributed by atoms with Gasteiger partial charge < -0.3 is 20.3 Å². The number of hydrogen-bond acceptors (Lipinski definition) is 5. The molecular formula is C22H34N4O3. The van der Waals surface area contributed by atoms with E-state index in [-0.39, 0.29) is 12.0 Å². The number of carbonyl (C=O) groups excluding carboxylic acids is 2. The lowest BCUT2D eigenvalue weighted by Crippen LogP contribution is -2.51. The van der Waals surface area contributed by atoms with E-state index >= 15 is 0 Å². The van der Waals surface area contributed by atoms with Crippen molar-refractivity contribution >= 4 is 17.7 Å². The second kappa shape index (κ2) is 9.03. The van der Waals surface area contributed by atoms with Gasteiger partial charge >= 0.3 is 6.09 Å². The van der Waals surface area contributed by atoms with Crippen molar-refractivity contribution in [1.29, 1.82) is 0 Å². The molecule has 7 nitrogen and oxygen atoms in total. The van der Waals surface area contributed by atoms with E-state index < -0.39 is 5.60 Å². The number of amides is 2. The zero-order valence-electron chi connectivity index (χ0n) is 17.9. The van der Waals surface area contributed by atoms with E-state index in [1.165, 1.54) is 0 Å². The minimum atomic E-state index is -0.448. The average molecular weight is 403 g/mol. The van der Waals surface area contributed by atoms with Gasteiger partial charge in [0.15, 0.2) is 0 Å². The Morgan fingerprint density at radius 1 is 1.03 bits per heavy atom.